The lowest BCUT2D eigenvalue weighted by atomic mass is 10.1. The highest BCUT2D eigenvalue weighted by Crippen LogP contribution is 2.34. The summed E-state index contributed by atoms with van der Waals surface area (Å²) in [6.45, 7) is 1.03. The van der Waals surface area contributed by atoms with Crippen molar-refractivity contribution in [1.82, 2.24) is 9.55 Å². The van der Waals surface area contributed by atoms with Crippen molar-refractivity contribution in [2.75, 3.05) is 0 Å². The SMILES string of the molecule is c1ccc2c(c1)sc1ccc(CCCn3ccnc3)cc12. The summed E-state index contributed by atoms with van der Waals surface area (Å²) in [5.41, 5.74) is 1.42. The Morgan fingerprint density at radius 1 is 1.00 bits per heavy atom. The fourth-order valence-corrected chi connectivity index (χ4v) is 3.90. The van der Waals surface area contributed by atoms with Gasteiger partial charge in [0.25, 0.3) is 0 Å². The molecule has 0 aliphatic carbocycles. The zero-order chi connectivity index (χ0) is 14.1. The smallest absolute Gasteiger partial charge is 0.0945 e. The average Bonchev–Trinajstić information content (AvgIpc) is 3.14. The van der Waals surface area contributed by atoms with Crippen molar-refractivity contribution < 1.29 is 0 Å². The number of hydrogen-bond donors (Lipinski definition) is 0. The molecule has 0 bridgehead atoms. The van der Waals surface area contributed by atoms with E-state index in [1.54, 1.807) is 0 Å². The van der Waals surface area contributed by atoms with Gasteiger partial charge in [-0.15, -0.1) is 11.3 Å². The predicted molar refractivity (Wildman–Crippen MR) is 89.9 cm³/mol. The van der Waals surface area contributed by atoms with Crippen LogP contribution in [0.25, 0.3) is 20.2 Å². The molecule has 0 spiro atoms. The first kappa shape index (κ1) is 12.6. The predicted octanol–water partition coefficient (Wildman–Crippen LogP) is 4.88. The molecule has 21 heavy (non-hydrogen) atoms. The standard InChI is InChI=1S/C18H16N2S/c1-2-6-17-15(5-1)16-12-14(7-8-18(16)21-17)4-3-10-20-11-9-19-13-20/h1-2,5-9,11-13H,3-4,10H2. The molecule has 2 nitrogen and oxygen atoms in total. The quantitative estimate of drug-likeness (QED) is 0.524. The Kier molecular flexibility index (Phi) is 3.20. The number of thiophene rings is 1. The van der Waals surface area contributed by atoms with Crippen LogP contribution in [-0.2, 0) is 13.0 Å². The van der Waals surface area contributed by atoms with Crippen LogP contribution in [-0.4, -0.2) is 9.55 Å². The van der Waals surface area contributed by atoms with Gasteiger partial charge in [0.05, 0.1) is 6.33 Å². The molecule has 4 aromatic rings. The van der Waals surface area contributed by atoms with Gasteiger partial charge in [0, 0.05) is 39.1 Å². The minimum Gasteiger partial charge on any atom is -0.337 e. The van der Waals surface area contributed by atoms with Crippen molar-refractivity contribution in [3.05, 3.63) is 66.7 Å². The molecule has 0 aliphatic rings. The van der Waals surface area contributed by atoms with Gasteiger partial charge in [-0.05, 0) is 36.6 Å². The van der Waals surface area contributed by atoms with Crippen LogP contribution in [0.1, 0.15) is 12.0 Å². The molecule has 0 fully saturated rings. The molecule has 2 aromatic heterocycles. The van der Waals surface area contributed by atoms with Crippen molar-refractivity contribution in [3.8, 4) is 0 Å². The summed E-state index contributed by atoms with van der Waals surface area (Å²) < 4.78 is 4.90. The molecule has 2 aromatic carbocycles. The summed E-state index contributed by atoms with van der Waals surface area (Å²) >= 11 is 1.88. The molecular weight excluding hydrogens is 276 g/mol. The molecule has 4 rings (SSSR count). The van der Waals surface area contributed by atoms with E-state index >= 15 is 0 Å². The van der Waals surface area contributed by atoms with Crippen LogP contribution in [0.15, 0.2) is 61.2 Å². The number of fused-ring (bicyclic) bond motifs is 3. The molecule has 0 atom stereocenters. The Morgan fingerprint density at radius 2 is 1.90 bits per heavy atom. The van der Waals surface area contributed by atoms with E-state index in [4.69, 9.17) is 0 Å². The van der Waals surface area contributed by atoms with Gasteiger partial charge in [0.1, 0.15) is 0 Å². The van der Waals surface area contributed by atoms with Crippen LogP contribution in [0.4, 0.5) is 0 Å². The highest BCUT2D eigenvalue weighted by Gasteiger charge is 2.05. The second-order valence-corrected chi connectivity index (χ2v) is 6.42. The minimum absolute atomic E-state index is 1.03. The summed E-state index contributed by atoms with van der Waals surface area (Å²) in [5, 5.41) is 2.78. The summed E-state index contributed by atoms with van der Waals surface area (Å²) in [6, 6.07) is 15.6. The Hall–Kier alpha value is -2.13. The average molecular weight is 292 g/mol. The van der Waals surface area contributed by atoms with Crippen LogP contribution in [0.3, 0.4) is 0 Å². The molecule has 0 saturated carbocycles. The summed E-state index contributed by atoms with van der Waals surface area (Å²) in [4.78, 5) is 4.08. The van der Waals surface area contributed by atoms with E-state index in [0.29, 0.717) is 0 Å². The first-order valence-corrected chi connectivity index (χ1v) is 8.08. The monoisotopic (exact) mass is 292 g/mol. The topological polar surface area (TPSA) is 17.8 Å². The third-order valence-electron chi connectivity index (χ3n) is 3.88. The van der Waals surface area contributed by atoms with Crippen molar-refractivity contribution in [1.29, 1.82) is 0 Å². The maximum absolute atomic E-state index is 4.08. The largest absolute Gasteiger partial charge is 0.337 e. The third kappa shape index (κ3) is 2.45. The number of imidazole rings is 1. The number of hydrogen-bond acceptors (Lipinski definition) is 2. The van der Waals surface area contributed by atoms with E-state index in [1.165, 1.54) is 25.7 Å². The van der Waals surface area contributed by atoms with E-state index in [1.807, 2.05) is 30.1 Å². The normalized spacial score (nSPS) is 11.4. The van der Waals surface area contributed by atoms with E-state index in [2.05, 4.69) is 52.0 Å². The van der Waals surface area contributed by atoms with Crippen molar-refractivity contribution in [2.45, 2.75) is 19.4 Å². The molecule has 0 N–H and O–H groups in total. The van der Waals surface area contributed by atoms with Gasteiger partial charge in [-0.2, -0.15) is 0 Å². The fraction of sp³-hybridized carbons (Fsp3) is 0.167. The van der Waals surface area contributed by atoms with Gasteiger partial charge in [-0.3, -0.25) is 0 Å². The summed E-state index contributed by atoms with van der Waals surface area (Å²) in [6.07, 6.45) is 8.00. The molecule has 0 unspecified atom stereocenters. The first-order chi connectivity index (χ1) is 10.4. The molecule has 3 heteroatoms. The zero-order valence-electron chi connectivity index (χ0n) is 11.7. The minimum atomic E-state index is 1.03. The lowest BCUT2D eigenvalue weighted by Crippen LogP contribution is -1.96. The van der Waals surface area contributed by atoms with Crippen LogP contribution in [0.2, 0.25) is 0 Å². The van der Waals surface area contributed by atoms with Gasteiger partial charge in [-0.25, -0.2) is 4.98 Å². The molecule has 0 radical (unpaired) electrons. The molecule has 0 amide bonds. The van der Waals surface area contributed by atoms with Crippen molar-refractivity contribution in [2.24, 2.45) is 0 Å². The second-order valence-electron chi connectivity index (χ2n) is 5.33. The van der Waals surface area contributed by atoms with E-state index in [-0.39, 0.29) is 0 Å². The van der Waals surface area contributed by atoms with Crippen LogP contribution >= 0.6 is 11.3 Å². The number of aryl methyl sites for hydroxylation is 2. The van der Waals surface area contributed by atoms with E-state index in [9.17, 15) is 0 Å². The maximum atomic E-state index is 4.08. The Morgan fingerprint density at radius 3 is 2.81 bits per heavy atom. The molecule has 104 valence electrons. The van der Waals surface area contributed by atoms with Crippen molar-refractivity contribution >= 4 is 31.5 Å². The first-order valence-electron chi connectivity index (χ1n) is 7.26. The molecular formula is C18H16N2S. The van der Waals surface area contributed by atoms with Crippen molar-refractivity contribution in [3.63, 3.8) is 0 Å². The highest BCUT2D eigenvalue weighted by molar-refractivity contribution is 7.25. The number of nitrogens with zero attached hydrogens (tertiary/aromatic N) is 2. The lowest BCUT2D eigenvalue weighted by molar-refractivity contribution is 0.642. The lowest BCUT2D eigenvalue weighted by Gasteiger charge is -2.03. The molecule has 2 heterocycles. The molecule has 0 aliphatic heterocycles. The second kappa shape index (κ2) is 5.34. The zero-order valence-corrected chi connectivity index (χ0v) is 12.5. The van der Waals surface area contributed by atoms with Gasteiger partial charge < -0.3 is 4.57 Å². The van der Waals surface area contributed by atoms with Gasteiger partial charge >= 0.3 is 0 Å². The van der Waals surface area contributed by atoms with E-state index < -0.39 is 0 Å². The Labute approximate surface area is 127 Å². The van der Waals surface area contributed by atoms with Crippen LogP contribution < -0.4 is 0 Å². The summed E-state index contributed by atoms with van der Waals surface area (Å²) in [7, 11) is 0. The Balaban J connectivity index is 1.59. The van der Waals surface area contributed by atoms with Crippen LogP contribution in [0, 0.1) is 0 Å². The highest BCUT2D eigenvalue weighted by atomic mass is 32.1. The summed E-state index contributed by atoms with van der Waals surface area (Å²) in [5.74, 6) is 0. The number of rotatable bonds is 4. The molecule has 0 saturated heterocycles. The fourth-order valence-electron chi connectivity index (χ4n) is 2.81. The Bertz CT molecular complexity index is 875. The van der Waals surface area contributed by atoms with Gasteiger partial charge in [0.2, 0.25) is 0 Å². The van der Waals surface area contributed by atoms with Crippen LogP contribution in [0.5, 0.6) is 0 Å². The number of benzene rings is 2. The third-order valence-corrected chi connectivity index (χ3v) is 5.03. The number of aromatic nitrogens is 2. The van der Waals surface area contributed by atoms with E-state index in [0.717, 1.165) is 19.4 Å². The maximum Gasteiger partial charge on any atom is 0.0945 e. The van der Waals surface area contributed by atoms with Gasteiger partial charge in [0.15, 0.2) is 0 Å². The van der Waals surface area contributed by atoms with Gasteiger partial charge in [-0.1, -0.05) is 24.3 Å².